The number of hydrogen-bond acceptors (Lipinski definition) is 6. The molecule has 5 rings (SSSR count). The van der Waals surface area contributed by atoms with Gasteiger partial charge in [-0.1, -0.05) is 41.7 Å². The maximum Gasteiger partial charge on any atom is 0.351 e. The number of thiazole rings is 1. The number of hydrogen-bond donors (Lipinski definition) is 0. The fourth-order valence-corrected chi connectivity index (χ4v) is 4.21. The highest BCUT2D eigenvalue weighted by Gasteiger charge is 2.29. The van der Waals surface area contributed by atoms with Crippen LogP contribution >= 0.6 is 11.3 Å². The van der Waals surface area contributed by atoms with Crippen LogP contribution in [0.5, 0.6) is 10.8 Å². The van der Waals surface area contributed by atoms with Gasteiger partial charge in [-0.25, -0.2) is 14.2 Å². The summed E-state index contributed by atoms with van der Waals surface area (Å²) in [6.07, 6.45) is 2.85. The normalized spacial score (nSPS) is 15.0. The second-order valence-corrected chi connectivity index (χ2v) is 7.75. The highest BCUT2D eigenvalue weighted by Crippen LogP contribution is 2.31. The standard InChI is InChI=1S/C21H14FN5O2S/c22-15-10-14(6-8-17(15)29-20-12-24-19(11-23)30-20)27-21(28)26-16(7-9-18(26)25-27)13-4-2-1-3-5-13/h1-6,8,10,12,16H,7,9H2. The Hall–Kier alpha value is -3.77. The molecule has 0 N–H and O–H groups in total. The van der Waals surface area contributed by atoms with Gasteiger partial charge in [-0.3, -0.25) is 4.57 Å². The van der Waals surface area contributed by atoms with Crippen molar-refractivity contribution in [3.8, 4) is 22.6 Å². The summed E-state index contributed by atoms with van der Waals surface area (Å²) >= 11 is 1.02. The van der Waals surface area contributed by atoms with Crippen LogP contribution < -0.4 is 10.4 Å². The van der Waals surface area contributed by atoms with Crippen LogP contribution in [-0.2, 0) is 6.42 Å². The first-order valence-corrected chi connectivity index (χ1v) is 10.0. The molecule has 1 aliphatic rings. The quantitative estimate of drug-likeness (QED) is 0.502. The van der Waals surface area contributed by atoms with Crippen molar-refractivity contribution in [3.63, 3.8) is 0 Å². The minimum atomic E-state index is -0.640. The first-order valence-electron chi connectivity index (χ1n) is 9.23. The molecule has 0 radical (unpaired) electrons. The van der Waals surface area contributed by atoms with E-state index in [9.17, 15) is 9.18 Å². The Morgan fingerprint density at radius 2 is 2.07 bits per heavy atom. The summed E-state index contributed by atoms with van der Waals surface area (Å²) in [5, 5.41) is 13.8. The summed E-state index contributed by atoms with van der Waals surface area (Å²) in [7, 11) is 0. The molecule has 1 unspecified atom stereocenters. The average molecular weight is 419 g/mol. The lowest BCUT2D eigenvalue weighted by molar-refractivity contribution is 0.451. The van der Waals surface area contributed by atoms with Crippen LogP contribution in [-0.4, -0.2) is 19.3 Å². The van der Waals surface area contributed by atoms with Crippen LogP contribution in [0.2, 0.25) is 0 Å². The fourth-order valence-electron chi connectivity index (χ4n) is 3.63. The van der Waals surface area contributed by atoms with Crippen molar-refractivity contribution in [3.05, 3.63) is 87.4 Å². The molecule has 1 aliphatic heterocycles. The van der Waals surface area contributed by atoms with Crippen LogP contribution in [0.3, 0.4) is 0 Å². The molecule has 0 spiro atoms. The number of aryl methyl sites for hydroxylation is 1. The van der Waals surface area contributed by atoms with Gasteiger partial charge in [0.15, 0.2) is 16.6 Å². The molecule has 1 atom stereocenters. The minimum absolute atomic E-state index is 0.0196. The Labute approximate surface area is 174 Å². The molecular formula is C21H14FN5O2S. The molecule has 2 aromatic heterocycles. The number of fused-ring (bicyclic) bond motifs is 1. The van der Waals surface area contributed by atoms with E-state index >= 15 is 0 Å². The molecule has 148 valence electrons. The lowest BCUT2D eigenvalue weighted by atomic mass is 10.1. The zero-order chi connectivity index (χ0) is 20.7. The summed E-state index contributed by atoms with van der Waals surface area (Å²) in [5.74, 6) is 0.0243. The number of ether oxygens (including phenoxy) is 1. The van der Waals surface area contributed by atoms with Crippen LogP contribution in [0.1, 0.15) is 28.9 Å². The van der Waals surface area contributed by atoms with Crippen molar-refractivity contribution in [2.45, 2.75) is 18.9 Å². The number of halogens is 1. The van der Waals surface area contributed by atoms with Gasteiger partial charge in [0.05, 0.1) is 17.9 Å². The van der Waals surface area contributed by atoms with Crippen molar-refractivity contribution >= 4 is 11.3 Å². The van der Waals surface area contributed by atoms with Gasteiger partial charge in [0.1, 0.15) is 11.9 Å². The zero-order valence-electron chi connectivity index (χ0n) is 15.5. The number of nitrogens with zero attached hydrogens (tertiary/aromatic N) is 5. The van der Waals surface area contributed by atoms with E-state index in [1.54, 1.807) is 10.6 Å². The summed E-state index contributed by atoms with van der Waals surface area (Å²) in [6, 6.07) is 15.9. The van der Waals surface area contributed by atoms with Gasteiger partial charge in [0.25, 0.3) is 0 Å². The van der Waals surface area contributed by atoms with E-state index in [2.05, 4.69) is 10.1 Å². The summed E-state index contributed by atoms with van der Waals surface area (Å²) in [6.45, 7) is 0. The number of nitriles is 1. The zero-order valence-corrected chi connectivity index (χ0v) is 16.3. The predicted molar refractivity (Wildman–Crippen MR) is 108 cm³/mol. The molecule has 0 saturated heterocycles. The van der Waals surface area contributed by atoms with Gasteiger partial charge in [-0.05, 0) is 24.1 Å². The largest absolute Gasteiger partial charge is 0.442 e. The fraction of sp³-hybridized carbons (Fsp3) is 0.143. The van der Waals surface area contributed by atoms with E-state index < -0.39 is 5.82 Å². The maximum absolute atomic E-state index is 14.6. The average Bonchev–Trinajstić information content (AvgIpc) is 3.47. The van der Waals surface area contributed by atoms with Gasteiger partial charge in [0.2, 0.25) is 5.06 Å². The maximum atomic E-state index is 14.6. The molecule has 30 heavy (non-hydrogen) atoms. The lowest BCUT2D eigenvalue weighted by Crippen LogP contribution is -2.26. The monoisotopic (exact) mass is 419 g/mol. The summed E-state index contributed by atoms with van der Waals surface area (Å²) in [4.78, 5) is 16.9. The van der Waals surface area contributed by atoms with Crippen LogP contribution in [0, 0.1) is 17.1 Å². The van der Waals surface area contributed by atoms with Crippen molar-refractivity contribution in [2.75, 3.05) is 0 Å². The minimum Gasteiger partial charge on any atom is -0.442 e. The lowest BCUT2D eigenvalue weighted by Gasteiger charge is -2.12. The van der Waals surface area contributed by atoms with Gasteiger partial charge >= 0.3 is 5.69 Å². The number of benzene rings is 2. The highest BCUT2D eigenvalue weighted by atomic mass is 32.1. The van der Waals surface area contributed by atoms with Crippen molar-refractivity contribution in [2.24, 2.45) is 0 Å². The third-order valence-electron chi connectivity index (χ3n) is 4.97. The van der Waals surface area contributed by atoms with Gasteiger partial charge in [-0.15, -0.1) is 5.10 Å². The molecule has 7 nitrogen and oxygen atoms in total. The van der Waals surface area contributed by atoms with E-state index in [0.29, 0.717) is 23.0 Å². The third-order valence-corrected chi connectivity index (χ3v) is 5.75. The SMILES string of the molecule is N#Cc1ncc(Oc2ccc(-n3nc4n(c3=O)C(c3ccccc3)CC4)cc2F)s1. The predicted octanol–water partition coefficient (Wildman–Crippen LogP) is 3.83. The molecular weight excluding hydrogens is 405 g/mol. The Morgan fingerprint density at radius 1 is 1.23 bits per heavy atom. The van der Waals surface area contributed by atoms with E-state index in [-0.39, 0.29) is 22.5 Å². The van der Waals surface area contributed by atoms with E-state index in [1.165, 1.54) is 23.0 Å². The topological polar surface area (TPSA) is 85.7 Å². The first-order chi connectivity index (χ1) is 14.6. The molecule has 0 aliphatic carbocycles. The Morgan fingerprint density at radius 3 is 2.80 bits per heavy atom. The Bertz CT molecular complexity index is 1340. The van der Waals surface area contributed by atoms with Gasteiger partial charge < -0.3 is 4.74 Å². The Balaban J connectivity index is 1.46. The van der Waals surface area contributed by atoms with Crippen molar-refractivity contribution in [1.82, 2.24) is 19.3 Å². The smallest absolute Gasteiger partial charge is 0.351 e. The number of aromatic nitrogens is 4. The van der Waals surface area contributed by atoms with Crippen molar-refractivity contribution in [1.29, 1.82) is 5.26 Å². The first kappa shape index (κ1) is 18.3. The van der Waals surface area contributed by atoms with Gasteiger partial charge in [0, 0.05) is 12.5 Å². The second-order valence-electron chi connectivity index (χ2n) is 6.76. The molecule has 0 amide bonds. The van der Waals surface area contributed by atoms with Crippen LogP contribution in [0.15, 0.2) is 59.5 Å². The molecule has 4 aromatic rings. The molecule has 3 heterocycles. The molecule has 0 fully saturated rings. The van der Waals surface area contributed by atoms with E-state index in [4.69, 9.17) is 10.00 Å². The summed E-state index contributed by atoms with van der Waals surface area (Å²) in [5.41, 5.74) is 1.07. The van der Waals surface area contributed by atoms with Crippen LogP contribution in [0.25, 0.3) is 5.69 Å². The molecule has 0 saturated carbocycles. The highest BCUT2D eigenvalue weighted by molar-refractivity contribution is 7.13. The molecule has 9 heteroatoms. The number of rotatable bonds is 4. The third kappa shape index (κ3) is 3.07. The molecule has 2 aromatic carbocycles. The Kier molecular flexibility index (Phi) is 4.41. The van der Waals surface area contributed by atoms with Crippen molar-refractivity contribution < 1.29 is 9.13 Å². The molecule has 0 bridgehead atoms. The van der Waals surface area contributed by atoms with Gasteiger partial charge in [-0.2, -0.15) is 9.94 Å². The summed E-state index contributed by atoms with van der Waals surface area (Å²) < 4.78 is 23.0. The van der Waals surface area contributed by atoms with Crippen LogP contribution in [0.4, 0.5) is 4.39 Å². The van der Waals surface area contributed by atoms with E-state index in [0.717, 1.165) is 23.3 Å². The second kappa shape index (κ2) is 7.24. The van der Waals surface area contributed by atoms with E-state index in [1.807, 2.05) is 36.4 Å².